The molecule has 64 heavy (non-hydrogen) atoms. The number of phosphoric acid groups is 1. The molecule has 0 aliphatic heterocycles. The third-order valence-electron chi connectivity index (χ3n) is 12.3. The molecule has 1 aliphatic rings. The van der Waals surface area contributed by atoms with E-state index in [-0.39, 0.29) is 44.3 Å². The van der Waals surface area contributed by atoms with Gasteiger partial charge in [0.25, 0.3) is 7.82 Å². The van der Waals surface area contributed by atoms with Gasteiger partial charge in [-0.25, -0.2) is 0 Å². The van der Waals surface area contributed by atoms with Crippen molar-refractivity contribution in [2.75, 3.05) is 47.5 Å². The summed E-state index contributed by atoms with van der Waals surface area (Å²) in [7, 11) is 0.956. The Morgan fingerprint density at radius 3 is 1.98 bits per heavy atom. The third-order valence-corrected chi connectivity index (χ3v) is 13.2. The molecule has 0 bridgehead atoms. The number of quaternary nitrogens is 1. The number of hydrogen-bond acceptors (Lipinski definition) is 12. The van der Waals surface area contributed by atoms with Crippen LogP contribution in [0.5, 0.6) is 0 Å². The Labute approximate surface area is 386 Å². The first-order valence-electron chi connectivity index (χ1n) is 24.7. The molecule has 0 saturated heterocycles. The van der Waals surface area contributed by atoms with E-state index in [0.29, 0.717) is 30.3 Å². The van der Waals surface area contributed by atoms with Crippen molar-refractivity contribution >= 4 is 19.8 Å². The first-order chi connectivity index (χ1) is 30.5. The molecule has 0 radical (unpaired) electrons. The summed E-state index contributed by atoms with van der Waals surface area (Å²) in [5, 5.41) is 31.5. The summed E-state index contributed by atoms with van der Waals surface area (Å²) >= 11 is 0. The minimum atomic E-state index is -4.73. The van der Waals surface area contributed by atoms with Crippen LogP contribution < -0.4 is 4.89 Å². The van der Waals surface area contributed by atoms with E-state index in [2.05, 4.69) is 27.7 Å². The van der Waals surface area contributed by atoms with Gasteiger partial charge in [-0.1, -0.05) is 122 Å². The van der Waals surface area contributed by atoms with Gasteiger partial charge in [-0.3, -0.25) is 14.2 Å². The zero-order chi connectivity index (χ0) is 47.4. The Balaban J connectivity index is 1.74. The number of nitrogens with zero attached hydrogens (tertiary/aromatic N) is 1. The number of aliphatic hydroxyl groups excluding tert-OH is 3. The SMILES string of the molecule is CCCCCc1oc(CCCCCCCCCCCCC(=O)OC[C@H](COP(=O)([O-])OCC[N+](C)(C)C)OC(=O)C/C=C\C[C@H]2[C@@H](/C=C/[C@H](O)CCCCC)[C@H](O)C[C@@H]2O)c(C)c1C. The maximum absolute atomic E-state index is 12.9. The summed E-state index contributed by atoms with van der Waals surface area (Å²) in [6.45, 7) is 8.07. The van der Waals surface area contributed by atoms with Crippen molar-refractivity contribution in [1.82, 2.24) is 0 Å². The van der Waals surface area contributed by atoms with Crippen molar-refractivity contribution in [2.24, 2.45) is 11.8 Å². The monoisotopic (exact) mass is 926 g/mol. The Hall–Kier alpha value is -2.35. The molecule has 2 rings (SSSR count). The molecule has 3 N–H and O–H groups in total. The highest BCUT2D eigenvalue weighted by molar-refractivity contribution is 7.45. The minimum absolute atomic E-state index is 0.0932. The number of unbranched alkanes of at least 4 members (excludes halogenated alkanes) is 13. The summed E-state index contributed by atoms with van der Waals surface area (Å²) in [5.41, 5.74) is 2.66. The van der Waals surface area contributed by atoms with E-state index < -0.39 is 50.8 Å². The lowest BCUT2D eigenvalue weighted by Gasteiger charge is -2.28. The van der Waals surface area contributed by atoms with Crippen LogP contribution in [0, 0.1) is 25.7 Å². The molecule has 0 aromatic carbocycles. The maximum atomic E-state index is 12.9. The molecule has 1 saturated carbocycles. The van der Waals surface area contributed by atoms with Crippen molar-refractivity contribution in [2.45, 2.75) is 200 Å². The third kappa shape index (κ3) is 25.5. The van der Waals surface area contributed by atoms with E-state index in [4.69, 9.17) is 22.9 Å². The molecule has 370 valence electrons. The second-order valence-electron chi connectivity index (χ2n) is 19.0. The lowest BCUT2D eigenvalue weighted by atomic mass is 9.89. The predicted molar refractivity (Wildman–Crippen MR) is 250 cm³/mol. The summed E-state index contributed by atoms with van der Waals surface area (Å²) in [6, 6.07) is 0. The van der Waals surface area contributed by atoms with E-state index >= 15 is 0 Å². The quantitative estimate of drug-likeness (QED) is 0.0189. The number of carbonyl (C=O) groups excluding carboxylic acids is 2. The van der Waals surface area contributed by atoms with Crippen LogP contribution in [0.4, 0.5) is 0 Å². The van der Waals surface area contributed by atoms with E-state index in [9.17, 15) is 34.4 Å². The number of hydrogen-bond donors (Lipinski definition) is 3. The number of furan rings is 1. The Bertz CT molecular complexity index is 1540. The zero-order valence-corrected chi connectivity index (χ0v) is 41.7. The summed E-state index contributed by atoms with van der Waals surface area (Å²) in [5.74, 6) is 0.553. The van der Waals surface area contributed by atoms with Crippen molar-refractivity contribution in [1.29, 1.82) is 0 Å². The van der Waals surface area contributed by atoms with Crippen molar-refractivity contribution < 1.29 is 61.8 Å². The largest absolute Gasteiger partial charge is 0.756 e. The number of likely N-dealkylation sites (N-methyl/N-ethyl adjacent to an activating group) is 1. The summed E-state index contributed by atoms with van der Waals surface area (Å²) in [6.07, 6.45) is 24.4. The molecule has 1 aromatic rings. The number of ether oxygens (including phenoxy) is 2. The van der Waals surface area contributed by atoms with Gasteiger partial charge in [0.05, 0.1) is 52.5 Å². The van der Waals surface area contributed by atoms with E-state index in [0.717, 1.165) is 57.8 Å². The van der Waals surface area contributed by atoms with Crippen molar-refractivity contribution in [3.05, 3.63) is 47.0 Å². The topological polar surface area (TPSA) is 185 Å². The first-order valence-corrected chi connectivity index (χ1v) is 26.1. The number of allylic oxidation sites excluding steroid dienone is 1. The highest BCUT2D eigenvalue weighted by atomic mass is 31.2. The number of carbonyl (C=O) groups is 2. The standard InChI is InChI=1S/C50H88NO12P/c1-8-10-20-26-41(52)32-33-44-43(45(53)36-46(44)54)27-24-25-31-50(56)62-42(38-61-64(57,58)60-35-34-51(5,6)7)37-59-49(55)30-23-19-17-15-13-12-14-16-18-22-29-48-40(4)39(3)47(63-48)28-21-11-9-2/h24-25,32-33,41-46,52-54H,8-23,26-31,34-38H2,1-7H3/b25-24-,33-32+/t41-,42-,43+,44-,45+,46-/m1/s1. The highest BCUT2D eigenvalue weighted by Crippen LogP contribution is 2.39. The van der Waals surface area contributed by atoms with Gasteiger partial charge in [0.2, 0.25) is 0 Å². The lowest BCUT2D eigenvalue weighted by Crippen LogP contribution is -2.37. The van der Waals surface area contributed by atoms with Gasteiger partial charge in [0.1, 0.15) is 31.3 Å². The predicted octanol–water partition coefficient (Wildman–Crippen LogP) is 9.32. The van der Waals surface area contributed by atoms with Gasteiger partial charge in [0.15, 0.2) is 6.10 Å². The summed E-state index contributed by atoms with van der Waals surface area (Å²) < 4.78 is 40.2. The van der Waals surface area contributed by atoms with Gasteiger partial charge in [-0.2, -0.15) is 0 Å². The second-order valence-corrected chi connectivity index (χ2v) is 20.5. The number of aliphatic hydroxyl groups is 3. The smallest absolute Gasteiger partial charge is 0.310 e. The molecule has 13 nitrogen and oxygen atoms in total. The molecule has 1 aliphatic carbocycles. The molecular weight excluding hydrogens is 838 g/mol. The van der Waals surface area contributed by atoms with Crippen LogP contribution in [0.15, 0.2) is 28.7 Å². The number of rotatable bonds is 37. The van der Waals surface area contributed by atoms with Gasteiger partial charge in [0, 0.05) is 31.6 Å². The van der Waals surface area contributed by atoms with Gasteiger partial charge in [-0.05, 0) is 63.0 Å². The van der Waals surface area contributed by atoms with E-state index in [1.165, 1.54) is 74.0 Å². The Morgan fingerprint density at radius 1 is 0.797 bits per heavy atom. The van der Waals surface area contributed by atoms with Crippen molar-refractivity contribution in [3.8, 4) is 0 Å². The number of esters is 2. The van der Waals surface area contributed by atoms with Crippen LogP contribution in [0.25, 0.3) is 0 Å². The fraction of sp³-hybridized carbons (Fsp3) is 0.800. The van der Waals surface area contributed by atoms with Crippen LogP contribution in [-0.2, 0) is 45.5 Å². The van der Waals surface area contributed by atoms with Gasteiger partial charge < -0.3 is 47.6 Å². The molecular formula is C50H88NO12P. The molecule has 0 spiro atoms. The fourth-order valence-corrected chi connectivity index (χ4v) is 8.77. The average Bonchev–Trinajstić information content (AvgIpc) is 3.66. The average molecular weight is 926 g/mol. The fourth-order valence-electron chi connectivity index (χ4n) is 8.04. The van der Waals surface area contributed by atoms with Crippen molar-refractivity contribution in [3.63, 3.8) is 0 Å². The maximum Gasteiger partial charge on any atom is 0.310 e. The first kappa shape index (κ1) is 57.8. The molecule has 1 heterocycles. The molecule has 7 atom stereocenters. The van der Waals surface area contributed by atoms with E-state index in [1.807, 2.05) is 21.1 Å². The van der Waals surface area contributed by atoms with Crippen LogP contribution in [0.2, 0.25) is 0 Å². The van der Waals surface area contributed by atoms with E-state index in [1.54, 1.807) is 24.3 Å². The highest BCUT2D eigenvalue weighted by Gasteiger charge is 2.39. The van der Waals surface area contributed by atoms with Crippen LogP contribution in [0.3, 0.4) is 0 Å². The second kappa shape index (κ2) is 32.4. The summed E-state index contributed by atoms with van der Waals surface area (Å²) in [4.78, 5) is 38.0. The van der Waals surface area contributed by atoms with Gasteiger partial charge in [-0.15, -0.1) is 0 Å². The number of phosphoric ester groups is 1. The molecule has 1 aromatic heterocycles. The van der Waals surface area contributed by atoms with Crippen LogP contribution in [-0.4, -0.2) is 104 Å². The molecule has 14 heteroatoms. The lowest BCUT2D eigenvalue weighted by molar-refractivity contribution is -0.870. The van der Waals surface area contributed by atoms with Crippen LogP contribution in [0.1, 0.15) is 171 Å². The normalized spacial score (nSPS) is 20.0. The number of aryl methyl sites for hydroxylation is 2. The molecule has 1 unspecified atom stereocenters. The molecule has 1 fully saturated rings. The Morgan fingerprint density at radius 2 is 1.38 bits per heavy atom. The zero-order valence-electron chi connectivity index (χ0n) is 40.8. The van der Waals surface area contributed by atoms with Crippen LogP contribution >= 0.6 is 7.82 Å². The van der Waals surface area contributed by atoms with Gasteiger partial charge >= 0.3 is 11.9 Å². The Kier molecular flexibility index (Phi) is 29.2. The molecule has 0 amide bonds. The minimum Gasteiger partial charge on any atom is -0.756 e.